The number of urea groups is 1. The zero-order chi connectivity index (χ0) is 13.8. The number of amides is 3. The van der Waals surface area contributed by atoms with Crippen molar-refractivity contribution in [3.63, 3.8) is 0 Å². The Hall–Kier alpha value is -2.08. The molecule has 6 heteroatoms. The fourth-order valence-corrected chi connectivity index (χ4v) is 2.08. The van der Waals surface area contributed by atoms with Crippen molar-refractivity contribution in [3.8, 4) is 0 Å². The van der Waals surface area contributed by atoms with Gasteiger partial charge in [-0.1, -0.05) is 17.7 Å². The Kier molecular flexibility index (Phi) is 4.01. The van der Waals surface area contributed by atoms with Crippen LogP contribution in [0.3, 0.4) is 0 Å². The molecule has 1 aliphatic rings. The van der Waals surface area contributed by atoms with Gasteiger partial charge in [0.25, 0.3) is 5.91 Å². The maximum atomic E-state index is 12.2. The van der Waals surface area contributed by atoms with Crippen LogP contribution in [0.25, 0.3) is 0 Å². The predicted molar refractivity (Wildman–Crippen MR) is 71.4 cm³/mol. The molecule has 2 rings (SSSR count). The van der Waals surface area contributed by atoms with Crippen molar-refractivity contribution < 1.29 is 9.59 Å². The van der Waals surface area contributed by atoms with Gasteiger partial charge >= 0.3 is 6.03 Å². The molecule has 0 atom stereocenters. The van der Waals surface area contributed by atoms with Gasteiger partial charge in [0.1, 0.15) is 0 Å². The SMILES string of the molecule is Cc1ccc(C(=O)N2CCN(C(=O)NN)CC2)cc1. The highest BCUT2D eigenvalue weighted by Crippen LogP contribution is 2.10. The van der Waals surface area contributed by atoms with Crippen molar-refractivity contribution in [1.82, 2.24) is 15.2 Å². The predicted octanol–water partition coefficient (Wildman–Crippen LogP) is 0.336. The second-order valence-electron chi connectivity index (χ2n) is 4.59. The molecular weight excluding hydrogens is 244 g/mol. The van der Waals surface area contributed by atoms with E-state index in [1.165, 1.54) is 0 Å². The summed E-state index contributed by atoms with van der Waals surface area (Å²) in [6, 6.07) is 7.20. The first kappa shape index (κ1) is 13.4. The van der Waals surface area contributed by atoms with Crippen LogP contribution in [0.4, 0.5) is 4.79 Å². The Morgan fingerprint density at radius 3 is 2.11 bits per heavy atom. The molecule has 102 valence electrons. The number of aryl methyl sites for hydroxylation is 1. The number of hydrazine groups is 1. The largest absolute Gasteiger partial charge is 0.335 e. The summed E-state index contributed by atoms with van der Waals surface area (Å²) in [6.07, 6.45) is 0. The quantitative estimate of drug-likeness (QED) is 0.435. The minimum absolute atomic E-state index is 0.00723. The Balaban J connectivity index is 1.96. The van der Waals surface area contributed by atoms with E-state index in [-0.39, 0.29) is 11.9 Å². The van der Waals surface area contributed by atoms with Crippen LogP contribution in [0, 0.1) is 6.92 Å². The van der Waals surface area contributed by atoms with Crippen LogP contribution in [0.5, 0.6) is 0 Å². The van der Waals surface area contributed by atoms with E-state index >= 15 is 0 Å². The van der Waals surface area contributed by atoms with Gasteiger partial charge in [0, 0.05) is 31.7 Å². The second-order valence-corrected chi connectivity index (χ2v) is 4.59. The van der Waals surface area contributed by atoms with Crippen LogP contribution >= 0.6 is 0 Å². The number of rotatable bonds is 1. The summed E-state index contributed by atoms with van der Waals surface area (Å²) >= 11 is 0. The van der Waals surface area contributed by atoms with E-state index in [9.17, 15) is 9.59 Å². The van der Waals surface area contributed by atoms with Gasteiger partial charge in [-0.2, -0.15) is 0 Å². The number of carbonyl (C=O) groups is 2. The number of nitrogens with one attached hydrogen (secondary N) is 1. The third kappa shape index (κ3) is 3.03. The van der Waals surface area contributed by atoms with Gasteiger partial charge in [0.15, 0.2) is 0 Å². The summed E-state index contributed by atoms with van der Waals surface area (Å²) in [7, 11) is 0. The number of benzene rings is 1. The number of hydrogen-bond donors (Lipinski definition) is 2. The molecule has 3 amide bonds. The Bertz CT molecular complexity index is 464. The summed E-state index contributed by atoms with van der Waals surface area (Å²) in [5.41, 5.74) is 3.91. The number of hydrogen-bond acceptors (Lipinski definition) is 3. The average molecular weight is 262 g/mol. The standard InChI is InChI=1S/C13H18N4O2/c1-10-2-4-11(5-3-10)12(18)16-6-8-17(9-7-16)13(19)15-14/h2-5H,6-9,14H2,1H3,(H,15,19). The summed E-state index contributed by atoms with van der Waals surface area (Å²) in [5.74, 6) is 5.09. The fourth-order valence-electron chi connectivity index (χ4n) is 2.08. The minimum Gasteiger partial charge on any atom is -0.335 e. The van der Waals surface area contributed by atoms with Crippen LogP contribution in [-0.4, -0.2) is 47.9 Å². The van der Waals surface area contributed by atoms with E-state index in [1.54, 1.807) is 9.80 Å². The van der Waals surface area contributed by atoms with Crippen LogP contribution in [-0.2, 0) is 0 Å². The molecule has 0 spiro atoms. The third-order valence-corrected chi connectivity index (χ3v) is 3.28. The molecule has 1 aliphatic heterocycles. The van der Waals surface area contributed by atoms with E-state index in [0.29, 0.717) is 31.7 Å². The highest BCUT2D eigenvalue weighted by atomic mass is 16.2. The molecule has 6 nitrogen and oxygen atoms in total. The molecule has 0 aliphatic carbocycles. The van der Waals surface area contributed by atoms with Crippen molar-refractivity contribution in [2.75, 3.05) is 26.2 Å². The number of piperazine rings is 1. The van der Waals surface area contributed by atoms with Crippen LogP contribution < -0.4 is 11.3 Å². The van der Waals surface area contributed by atoms with Crippen LogP contribution in [0.1, 0.15) is 15.9 Å². The van der Waals surface area contributed by atoms with Gasteiger partial charge in [-0.3, -0.25) is 10.2 Å². The maximum Gasteiger partial charge on any atom is 0.331 e. The van der Waals surface area contributed by atoms with Crippen molar-refractivity contribution in [2.45, 2.75) is 6.92 Å². The molecule has 0 radical (unpaired) electrons. The van der Waals surface area contributed by atoms with E-state index in [4.69, 9.17) is 5.84 Å². The molecule has 1 aromatic rings. The summed E-state index contributed by atoms with van der Waals surface area (Å²) in [6.45, 7) is 4.04. The Morgan fingerprint density at radius 1 is 1.05 bits per heavy atom. The normalized spacial score (nSPS) is 15.3. The molecule has 19 heavy (non-hydrogen) atoms. The van der Waals surface area contributed by atoms with Gasteiger partial charge in [0.05, 0.1) is 0 Å². The first-order chi connectivity index (χ1) is 9.11. The Morgan fingerprint density at radius 2 is 1.58 bits per heavy atom. The smallest absolute Gasteiger partial charge is 0.331 e. The van der Waals surface area contributed by atoms with Gasteiger partial charge in [-0.05, 0) is 19.1 Å². The summed E-state index contributed by atoms with van der Waals surface area (Å²) in [5, 5.41) is 0. The highest BCUT2D eigenvalue weighted by molar-refractivity contribution is 5.94. The monoisotopic (exact) mass is 262 g/mol. The Labute approximate surface area is 112 Å². The van der Waals surface area contributed by atoms with E-state index < -0.39 is 0 Å². The highest BCUT2D eigenvalue weighted by Gasteiger charge is 2.24. The molecule has 0 unspecified atom stereocenters. The van der Waals surface area contributed by atoms with Gasteiger partial charge in [-0.25, -0.2) is 10.6 Å². The summed E-state index contributed by atoms with van der Waals surface area (Å²) < 4.78 is 0. The maximum absolute atomic E-state index is 12.2. The van der Waals surface area contributed by atoms with E-state index in [1.807, 2.05) is 31.2 Å². The number of carbonyl (C=O) groups excluding carboxylic acids is 2. The van der Waals surface area contributed by atoms with Crippen molar-refractivity contribution in [1.29, 1.82) is 0 Å². The molecular formula is C13H18N4O2. The third-order valence-electron chi connectivity index (χ3n) is 3.28. The zero-order valence-electron chi connectivity index (χ0n) is 10.9. The lowest BCUT2D eigenvalue weighted by molar-refractivity contribution is 0.0665. The molecule has 1 aromatic carbocycles. The van der Waals surface area contributed by atoms with E-state index in [2.05, 4.69) is 5.43 Å². The molecule has 0 bridgehead atoms. The van der Waals surface area contributed by atoms with Gasteiger partial charge < -0.3 is 9.80 Å². The van der Waals surface area contributed by atoms with Crippen LogP contribution in [0.15, 0.2) is 24.3 Å². The van der Waals surface area contributed by atoms with Crippen molar-refractivity contribution in [3.05, 3.63) is 35.4 Å². The zero-order valence-corrected chi connectivity index (χ0v) is 10.9. The van der Waals surface area contributed by atoms with Crippen molar-refractivity contribution in [2.24, 2.45) is 5.84 Å². The first-order valence-corrected chi connectivity index (χ1v) is 6.23. The molecule has 3 N–H and O–H groups in total. The minimum atomic E-state index is -0.303. The molecule has 1 fully saturated rings. The molecule has 1 saturated heterocycles. The van der Waals surface area contributed by atoms with Crippen molar-refractivity contribution >= 4 is 11.9 Å². The van der Waals surface area contributed by atoms with Crippen LogP contribution in [0.2, 0.25) is 0 Å². The number of nitrogens with two attached hydrogens (primary N) is 1. The fraction of sp³-hybridized carbons (Fsp3) is 0.385. The first-order valence-electron chi connectivity index (χ1n) is 6.23. The lowest BCUT2D eigenvalue weighted by Crippen LogP contribution is -2.54. The second kappa shape index (κ2) is 5.71. The lowest BCUT2D eigenvalue weighted by Gasteiger charge is -2.34. The molecule has 0 aromatic heterocycles. The number of nitrogens with zero attached hydrogens (tertiary/aromatic N) is 2. The van der Waals surface area contributed by atoms with Gasteiger partial charge in [-0.15, -0.1) is 0 Å². The molecule has 1 heterocycles. The molecule has 0 saturated carbocycles. The van der Waals surface area contributed by atoms with E-state index in [0.717, 1.165) is 5.56 Å². The van der Waals surface area contributed by atoms with Gasteiger partial charge in [0.2, 0.25) is 0 Å². The lowest BCUT2D eigenvalue weighted by atomic mass is 10.1. The summed E-state index contributed by atoms with van der Waals surface area (Å²) in [4.78, 5) is 26.9. The topological polar surface area (TPSA) is 78.7 Å². The average Bonchev–Trinajstić information content (AvgIpc) is 2.46.